The molecule has 0 aromatic carbocycles. The predicted molar refractivity (Wildman–Crippen MR) is 175 cm³/mol. The maximum Gasteiger partial charge on any atom is 0.304 e. The first-order valence-electron chi connectivity index (χ1n) is 15.3. The first kappa shape index (κ1) is 37.0. The molecule has 1 aliphatic carbocycles. The van der Waals surface area contributed by atoms with Crippen LogP contribution in [0.15, 0.2) is 70.9 Å². The van der Waals surface area contributed by atoms with Gasteiger partial charge in [-0.05, 0) is 57.4 Å². The number of hydrogen-bond acceptors (Lipinski definition) is 6. The summed E-state index contributed by atoms with van der Waals surface area (Å²) in [7, 11) is 2.14. The molecule has 0 aromatic heterocycles. The Morgan fingerprint density at radius 1 is 1.27 bits per heavy atom. The average Bonchev–Trinajstić information content (AvgIpc) is 3.23. The van der Waals surface area contributed by atoms with Gasteiger partial charge in [0.1, 0.15) is 11.6 Å². The highest BCUT2D eigenvalue weighted by molar-refractivity contribution is 8.04. The smallest absolute Gasteiger partial charge is 0.304 e. The number of rotatable bonds is 18. The molecule has 0 aromatic rings. The third kappa shape index (κ3) is 12.4. The molecule has 2 aliphatic rings. The van der Waals surface area contributed by atoms with Crippen LogP contribution in [0.2, 0.25) is 0 Å². The number of nitrogens with one attached hydrogen (secondary N) is 1. The Hall–Kier alpha value is -2.06. The zero-order chi connectivity index (χ0) is 30.9. The quantitative estimate of drug-likeness (QED) is 0.112. The van der Waals surface area contributed by atoms with Gasteiger partial charge < -0.3 is 19.8 Å². The van der Waals surface area contributed by atoms with E-state index in [2.05, 4.69) is 88.5 Å². The van der Waals surface area contributed by atoms with E-state index < -0.39 is 12.2 Å². The first-order chi connectivity index (χ1) is 19.6. The summed E-state index contributed by atoms with van der Waals surface area (Å²) in [6.07, 6.45) is 14.6. The monoisotopic (exact) mass is 588 g/mol. The SMILES string of the molecule is C=C(C)CCC(=C)C(COCC1SC(/C=C\CC)=C(C)N1C)C(CC)C1=CCC(C(O)NCCC(=O)O)C=C1.CC. The number of ether oxygens (including phenoxy) is 1. The standard InChI is InChI=1S/C32H50N2O4S.C2H6/c1-8-10-11-29-24(6)34(7)30(39-29)21-38-20-28(23(5)13-12-22(3)4)27(9-2)25-14-16-26(17-15-25)32(37)33-19-18-31(35)36;1-2/h10-11,14-16,26-28,30,32-33,37H,3,5,8-9,12-13,17-21H2,1-2,4,6-7H3,(H,35,36);1-2H3/b11-10-;. The maximum absolute atomic E-state index is 10.8. The lowest BCUT2D eigenvalue weighted by atomic mass is 9.76. The van der Waals surface area contributed by atoms with Crippen LogP contribution in [0.3, 0.4) is 0 Å². The average molecular weight is 589 g/mol. The van der Waals surface area contributed by atoms with Crippen molar-refractivity contribution in [2.75, 3.05) is 26.8 Å². The largest absolute Gasteiger partial charge is 0.481 e. The van der Waals surface area contributed by atoms with Crippen LogP contribution in [0.1, 0.15) is 80.1 Å². The van der Waals surface area contributed by atoms with Crippen LogP contribution >= 0.6 is 11.8 Å². The second-order valence-corrected chi connectivity index (χ2v) is 11.9. The summed E-state index contributed by atoms with van der Waals surface area (Å²) in [5.74, 6) is -0.497. The lowest BCUT2D eigenvalue weighted by Crippen LogP contribution is -2.37. The number of aliphatic hydroxyl groups is 1. The van der Waals surface area contributed by atoms with Gasteiger partial charge in [0, 0.05) is 36.0 Å². The van der Waals surface area contributed by atoms with Crippen LogP contribution in [0.4, 0.5) is 0 Å². The van der Waals surface area contributed by atoms with Crippen molar-refractivity contribution < 1.29 is 19.7 Å². The molecule has 232 valence electrons. The highest BCUT2D eigenvalue weighted by atomic mass is 32.2. The molecule has 6 nitrogen and oxygen atoms in total. The van der Waals surface area contributed by atoms with E-state index in [1.54, 1.807) is 0 Å². The Bertz CT molecular complexity index is 968. The predicted octanol–water partition coefficient (Wildman–Crippen LogP) is 7.67. The fourth-order valence-electron chi connectivity index (χ4n) is 5.00. The highest BCUT2D eigenvalue weighted by Crippen LogP contribution is 2.39. The number of carbonyl (C=O) groups is 1. The summed E-state index contributed by atoms with van der Waals surface area (Å²) in [5, 5.41) is 22.5. The van der Waals surface area contributed by atoms with Crippen molar-refractivity contribution in [2.45, 2.75) is 91.7 Å². The second kappa shape index (κ2) is 20.0. The first-order valence-corrected chi connectivity index (χ1v) is 16.1. The van der Waals surface area contributed by atoms with Crippen molar-refractivity contribution in [1.29, 1.82) is 0 Å². The summed E-state index contributed by atoms with van der Waals surface area (Å²) in [6, 6.07) is 0. The van der Waals surface area contributed by atoms with Crippen molar-refractivity contribution >= 4 is 17.7 Å². The molecule has 7 heteroatoms. The molecule has 0 spiro atoms. The minimum atomic E-state index is -0.875. The van der Waals surface area contributed by atoms with Gasteiger partial charge in [0.15, 0.2) is 0 Å². The third-order valence-corrected chi connectivity index (χ3v) is 9.06. The third-order valence-electron chi connectivity index (χ3n) is 7.65. The summed E-state index contributed by atoms with van der Waals surface area (Å²) in [6.45, 7) is 22.7. The zero-order valence-corrected chi connectivity index (χ0v) is 27.4. The molecule has 0 radical (unpaired) electrons. The number of aliphatic carboxylic acids is 1. The topological polar surface area (TPSA) is 82.0 Å². The van der Waals surface area contributed by atoms with Gasteiger partial charge in [0.05, 0.1) is 19.6 Å². The molecule has 0 amide bonds. The number of nitrogens with zero attached hydrogens (tertiary/aromatic N) is 1. The molecule has 5 atom stereocenters. The van der Waals surface area contributed by atoms with E-state index >= 15 is 0 Å². The zero-order valence-electron chi connectivity index (χ0n) is 26.6. The normalized spacial score (nSPS) is 20.9. The van der Waals surface area contributed by atoms with E-state index in [1.165, 1.54) is 21.7 Å². The number of allylic oxidation sites excluding steroid dienone is 7. The van der Waals surface area contributed by atoms with Crippen molar-refractivity contribution in [3.8, 4) is 0 Å². The van der Waals surface area contributed by atoms with E-state index in [9.17, 15) is 9.90 Å². The van der Waals surface area contributed by atoms with E-state index in [4.69, 9.17) is 9.84 Å². The van der Waals surface area contributed by atoms with Crippen LogP contribution in [0.5, 0.6) is 0 Å². The van der Waals surface area contributed by atoms with E-state index in [-0.39, 0.29) is 36.1 Å². The Labute approximate surface area is 254 Å². The minimum absolute atomic E-state index is 0.0119. The van der Waals surface area contributed by atoms with Gasteiger partial charge in [0.25, 0.3) is 0 Å². The lowest BCUT2D eigenvalue weighted by molar-refractivity contribution is -0.137. The molecule has 1 heterocycles. The van der Waals surface area contributed by atoms with Gasteiger partial charge in [-0.1, -0.05) is 87.6 Å². The van der Waals surface area contributed by atoms with Crippen molar-refractivity contribution in [1.82, 2.24) is 10.2 Å². The molecular weight excluding hydrogens is 532 g/mol. The minimum Gasteiger partial charge on any atom is -0.481 e. The van der Waals surface area contributed by atoms with Gasteiger partial charge in [-0.25, -0.2) is 0 Å². The van der Waals surface area contributed by atoms with E-state index in [0.717, 1.165) is 31.3 Å². The van der Waals surface area contributed by atoms with Gasteiger partial charge in [0.2, 0.25) is 0 Å². The molecule has 0 saturated heterocycles. The van der Waals surface area contributed by atoms with E-state index in [0.29, 0.717) is 19.6 Å². The lowest BCUT2D eigenvalue weighted by Gasteiger charge is -2.32. The van der Waals surface area contributed by atoms with Crippen molar-refractivity contribution in [3.05, 3.63) is 70.9 Å². The molecule has 0 saturated carbocycles. The van der Waals surface area contributed by atoms with Gasteiger partial charge in [-0.3, -0.25) is 10.1 Å². The molecule has 5 unspecified atom stereocenters. The second-order valence-electron chi connectivity index (χ2n) is 10.7. The van der Waals surface area contributed by atoms with Gasteiger partial charge in [-0.2, -0.15) is 0 Å². The Balaban J connectivity index is 0.00000411. The fourth-order valence-corrected chi connectivity index (χ4v) is 6.26. The number of carboxylic acid groups (broad SMARTS) is 1. The molecule has 0 bridgehead atoms. The van der Waals surface area contributed by atoms with Crippen molar-refractivity contribution in [3.63, 3.8) is 0 Å². The van der Waals surface area contributed by atoms with Crippen LogP contribution in [-0.2, 0) is 9.53 Å². The number of thioether (sulfide) groups is 1. The fraction of sp³-hybridized carbons (Fsp3) is 0.618. The Morgan fingerprint density at radius 3 is 2.54 bits per heavy atom. The molecular formula is C34H56N2O4S. The molecule has 41 heavy (non-hydrogen) atoms. The van der Waals surface area contributed by atoms with Crippen LogP contribution in [0.25, 0.3) is 0 Å². The van der Waals surface area contributed by atoms with Gasteiger partial charge >= 0.3 is 5.97 Å². The van der Waals surface area contributed by atoms with Crippen LogP contribution in [-0.4, -0.2) is 59.5 Å². The summed E-state index contributed by atoms with van der Waals surface area (Å²) in [4.78, 5) is 14.4. The summed E-state index contributed by atoms with van der Waals surface area (Å²) >= 11 is 1.87. The van der Waals surface area contributed by atoms with Crippen LogP contribution in [0, 0.1) is 17.8 Å². The summed E-state index contributed by atoms with van der Waals surface area (Å²) < 4.78 is 6.43. The van der Waals surface area contributed by atoms with Crippen molar-refractivity contribution in [2.24, 2.45) is 17.8 Å². The van der Waals surface area contributed by atoms with Gasteiger partial charge in [-0.15, -0.1) is 6.58 Å². The maximum atomic E-state index is 10.8. The highest BCUT2D eigenvalue weighted by Gasteiger charge is 2.30. The Kier molecular flexibility index (Phi) is 18.0. The number of likely N-dealkylation sites (N-methyl/N-ethyl adjacent to an activating group) is 1. The molecule has 3 N–H and O–H groups in total. The van der Waals surface area contributed by atoms with E-state index in [1.807, 2.05) is 25.6 Å². The van der Waals surface area contributed by atoms with Crippen LogP contribution < -0.4 is 5.32 Å². The molecule has 2 rings (SSSR count). The Morgan fingerprint density at radius 2 is 1.98 bits per heavy atom. The molecule has 0 fully saturated rings. The number of aliphatic hydroxyl groups excluding tert-OH is 1. The number of hydrogen-bond donors (Lipinski definition) is 3. The molecule has 1 aliphatic heterocycles. The summed E-state index contributed by atoms with van der Waals surface area (Å²) in [5.41, 5.74) is 4.91. The number of carboxylic acids is 1.